The maximum absolute atomic E-state index is 2.56. The van der Waals surface area contributed by atoms with Crippen molar-refractivity contribution in [2.45, 2.75) is 65.7 Å². The van der Waals surface area contributed by atoms with Gasteiger partial charge in [0.15, 0.2) is 0 Å². The second kappa shape index (κ2) is 7.91. The first-order valence-electron chi connectivity index (χ1n) is 12.3. The Morgan fingerprint density at radius 3 is 1.38 bits per heavy atom. The highest BCUT2D eigenvalue weighted by Gasteiger charge is 2.70. The molecule has 0 aliphatic heterocycles. The van der Waals surface area contributed by atoms with Crippen molar-refractivity contribution in [3.8, 4) is 0 Å². The standard InChI is InChI=1S/C32H40/c1-24(2)31(7)25(3)23-30(6,26-17-11-8-12-18-26)32(29(31,4)5,27-19-13-9-14-20-27)28-21-15-10-16-22-28/h8-22,24-25H,23H2,1-7H3. The first kappa shape index (κ1) is 22.8. The molecule has 0 spiro atoms. The van der Waals surface area contributed by atoms with Gasteiger partial charge in [0, 0.05) is 10.8 Å². The van der Waals surface area contributed by atoms with E-state index in [9.17, 15) is 0 Å². The number of rotatable bonds is 4. The quantitative estimate of drug-likeness (QED) is 0.393. The van der Waals surface area contributed by atoms with Gasteiger partial charge in [-0.2, -0.15) is 0 Å². The summed E-state index contributed by atoms with van der Waals surface area (Å²) in [5, 5.41) is 0. The summed E-state index contributed by atoms with van der Waals surface area (Å²) in [6, 6.07) is 34.1. The van der Waals surface area contributed by atoms with Crippen LogP contribution in [0.4, 0.5) is 0 Å². The van der Waals surface area contributed by atoms with E-state index in [4.69, 9.17) is 0 Å². The first-order chi connectivity index (χ1) is 15.1. The summed E-state index contributed by atoms with van der Waals surface area (Å²) in [4.78, 5) is 0. The van der Waals surface area contributed by atoms with Crippen molar-refractivity contribution in [1.29, 1.82) is 0 Å². The summed E-state index contributed by atoms with van der Waals surface area (Å²) in [7, 11) is 0. The van der Waals surface area contributed by atoms with Crippen molar-refractivity contribution >= 4 is 0 Å². The maximum atomic E-state index is 2.56. The van der Waals surface area contributed by atoms with Crippen molar-refractivity contribution in [3.05, 3.63) is 108 Å². The van der Waals surface area contributed by atoms with E-state index in [2.05, 4.69) is 139 Å². The molecule has 0 heteroatoms. The molecule has 1 aliphatic carbocycles. The van der Waals surface area contributed by atoms with Gasteiger partial charge in [0.1, 0.15) is 0 Å². The lowest BCUT2D eigenvalue weighted by molar-refractivity contribution is -0.137. The van der Waals surface area contributed by atoms with E-state index in [1.54, 1.807) is 0 Å². The Hall–Kier alpha value is -2.34. The van der Waals surface area contributed by atoms with E-state index in [1.165, 1.54) is 16.7 Å². The lowest BCUT2D eigenvalue weighted by Crippen LogP contribution is -2.69. The average molecular weight is 425 g/mol. The molecule has 3 aromatic carbocycles. The van der Waals surface area contributed by atoms with Gasteiger partial charge in [-0.1, -0.05) is 139 Å². The zero-order valence-electron chi connectivity index (χ0n) is 21.0. The van der Waals surface area contributed by atoms with Crippen LogP contribution in [0.3, 0.4) is 0 Å². The molecule has 1 aliphatic rings. The number of hydrogen-bond donors (Lipinski definition) is 0. The Labute approximate surface area is 196 Å². The Morgan fingerprint density at radius 1 is 0.625 bits per heavy atom. The fourth-order valence-electron chi connectivity index (χ4n) is 8.02. The number of benzene rings is 3. The molecule has 3 aromatic rings. The minimum Gasteiger partial charge on any atom is -0.0622 e. The molecule has 32 heavy (non-hydrogen) atoms. The van der Waals surface area contributed by atoms with Crippen LogP contribution in [0.15, 0.2) is 91.0 Å². The topological polar surface area (TPSA) is 0 Å². The molecule has 0 nitrogen and oxygen atoms in total. The first-order valence-corrected chi connectivity index (χ1v) is 12.3. The molecule has 3 atom stereocenters. The molecule has 0 aromatic heterocycles. The molecule has 4 rings (SSSR count). The monoisotopic (exact) mass is 424 g/mol. The predicted octanol–water partition coefficient (Wildman–Crippen LogP) is 8.66. The Bertz CT molecular complexity index is 992. The summed E-state index contributed by atoms with van der Waals surface area (Å²) in [6.07, 6.45) is 1.15. The second-order valence-corrected chi connectivity index (χ2v) is 11.3. The van der Waals surface area contributed by atoms with Gasteiger partial charge in [-0.05, 0) is 45.8 Å². The minimum absolute atomic E-state index is 0.0148. The van der Waals surface area contributed by atoms with E-state index in [0.717, 1.165) is 6.42 Å². The van der Waals surface area contributed by atoms with Gasteiger partial charge in [0.2, 0.25) is 0 Å². The molecule has 0 saturated heterocycles. The molecule has 0 amide bonds. The van der Waals surface area contributed by atoms with Gasteiger partial charge in [-0.15, -0.1) is 0 Å². The Balaban J connectivity index is 2.21. The lowest BCUT2D eigenvalue weighted by Gasteiger charge is -2.71. The van der Waals surface area contributed by atoms with Crippen molar-refractivity contribution in [3.63, 3.8) is 0 Å². The van der Waals surface area contributed by atoms with Gasteiger partial charge in [0.05, 0.1) is 0 Å². The Morgan fingerprint density at radius 2 is 1.00 bits per heavy atom. The fourth-order valence-corrected chi connectivity index (χ4v) is 8.02. The van der Waals surface area contributed by atoms with E-state index in [1.807, 2.05) is 0 Å². The smallest absolute Gasteiger partial charge is 0.0353 e. The van der Waals surface area contributed by atoms with E-state index in [0.29, 0.717) is 11.8 Å². The lowest BCUT2D eigenvalue weighted by atomic mass is 9.32. The predicted molar refractivity (Wildman–Crippen MR) is 138 cm³/mol. The molecule has 0 N–H and O–H groups in total. The van der Waals surface area contributed by atoms with Crippen LogP contribution in [0.2, 0.25) is 0 Å². The van der Waals surface area contributed by atoms with Crippen LogP contribution in [0.25, 0.3) is 0 Å². The third kappa shape index (κ3) is 2.81. The third-order valence-electron chi connectivity index (χ3n) is 9.87. The highest BCUT2D eigenvalue weighted by Crippen LogP contribution is 2.73. The van der Waals surface area contributed by atoms with Gasteiger partial charge < -0.3 is 0 Å². The van der Waals surface area contributed by atoms with E-state index < -0.39 is 0 Å². The minimum atomic E-state index is -0.185. The van der Waals surface area contributed by atoms with Crippen LogP contribution in [-0.2, 0) is 10.8 Å². The van der Waals surface area contributed by atoms with E-state index in [-0.39, 0.29) is 21.7 Å². The van der Waals surface area contributed by atoms with Crippen LogP contribution in [0.1, 0.15) is 71.6 Å². The summed E-state index contributed by atoms with van der Waals surface area (Å²) in [5.74, 6) is 1.16. The highest BCUT2D eigenvalue weighted by atomic mass is 14.7. The molecule has 1 saturated carbocycles. The van der Waals surface area contributed by atoms with Crippen LogP contribution in [0, 0.1) is 22.7 Å². The van der Waals surface area contributed by atoms with Crippen molar-refractivity contribution in [1.82, 2.24) is 0 Å². The zero-order valence-corrected chi connectivity index (χ0v) is 21.0. The number of hydrogen-bond acceptors (Lipinski definition) is 0. The zero-order chi connectivity index (χ0) is 23.2. The fraction of sp³-hybridized carbons (Fsp3) is 0.438. The van der Waals surface area contributed by atoms with Crippen LogP contribution in [-0.4, -0.2) is 0 Å². The molecular weight excluding hydrogens is 384 g/mol. The summed E-state index contributed by atoms with van der Waals surface area (Å²) >= 11 is 0. The van der Waals surface area contributed by atoms with Crippen LogP contribution < -0.4 is 0 Å². The Kier molecular flexibility index (Phi) is 5.64. The van der Waals surface area contributed by atoms with Gasteiger partial charge in [-0.25, -0.2) is 0 Å². The van der Waals surface area contributed by atoms with Crippen LogP contribution >= 0.6 is 0 Å². The normalized spacial score (nSPS) is 29.1. The molecule has 1 fully saturated rings. The van der Waals surface area contributed by atoms with Crippen molar-refractivity contribution in [2.24, 2.45) is 22.7 Å². The summed E-state index contributed by atoms with van der Waals surface area (Å²) in [6.45, 7) is 17.6. The maximum Gasteiger partial charge on any atom is 0.0353 e. The SMILES string of the molecule is CC(C)C1(C)C(C)CC(C)(c2ccccc2)C(c2ccccc2)(c2ccccc2)C1(C)C. The average Bonchev–Trinajstić information content (AvgIpc) is 2.79. The van der Waals surface area contributed by atoms with Crippen LogP contribution in [0.5, 0.6) is 0 Å². The highest BCUT2D eigenvalue weighted by molar-refractivity contribution is 5.53. The van der Waals surface area contributed by atoms with Gasteiger partial charge in [-0.3, -0.25) is 0 Å². The molecule has 0 heterocycles. The van der Waals surface area contributed by atoms with Gasteiger partial charge >= 0.3 is 0 Å². The summed E-state index contributed by atoms with van der Waals surface area (Å²) < 4.78 is 0. The van der Waals surface area contributed by atoms with Gasteiger partial charge in [0.25, 0.3) is 0 Å². The summed E-state index contributed by atoms with van der Waals surface area (Å²) in [5.41, 5.74) is 4.21. The molecular formula is C32H40. The molecule has 0 bridgehead atoms. The second-order valence-electron chi connectivity index (χ2n) is 11.3. The molecule has 168 valence electrons. The molecule has 0 radical (unpaired) electrons. The third-order valence-corrected chi connectivity index (χ3v) is 9.87. The van der Waals surface area contributed by atoms with Crippen molar-refractivity contribution < 1.29 is 0 Å². The van der Waals surface area contributed by atoms with E-state index >= 15 is 0 Å². The van der Waals surface area contributed by atoms with Crippen molar-refractivity contribution in [2.75, 3.05) is 0 Å². The molecule has 3 unspecified atom stereocenters. The largest absolute Gasteiger partial charge is 0.0622 e.